The quantitative estimate of drug-likeness (QED) is 0.300. The van der Waals surface area contributed by atoms with Crippen LogP contribution in [0.5, 0.6) is 17.4 Å². The zero-order chi connectivity index (χ0) is 37.7. The summed E-state index contributed by atoms with van der Waals surface area (Å²) in [4.78, 5) is 60.4. The molecule has 16 nitrogen and oxygen atoms in total. The monoisotopic (exact) mass is 755 g/mol. The van der Waals surface area contributed by atoms with Crippen molar-refractivity contribution in [1.82, 2.24) is 25.2 Å². The Morgan fingerprint density at radius 1 is 1.15 bits per heavy atom. The highest BCUT2D eigenvalue weighted by Gasteiger charge is 2.63. The molecule has 1 saturated heterocycles. The van der Waals surface area contributed by atoms with Crippen LogP contribution in [0.25, 0.3) is 10.8 Å². The summed E-state index contributed by atoms with van der Waals surface area (Å²) in [6.07, 6.45) is 4.02. The number of hydrogen-bond donors (Lipinski definition) is 4. The number of amides is 4. The maximum atomic E-state index is 14.5. The van der Waals surface area contributed by atoms with Gasteiger partial charge in [0.2, 0.25) is 27.7 Å². The molecular weight excluding hydrogens is 710 g/mol. The van der Waals surface area contributed by atoms with Gasteiger partial charge in [-0.1, -0.05) is 19.1 Å². The lowest BCUT2D eigenvalue weighted by Gasteiger charge is -2.33. The molecule has 7 atom stereocenters. The van der Waals surface area contributed by atoms with Crippen LogP contribution >= 0.6 is 0 Å². The minimum absolute atomic E-state index is 0.0391. The van der Waals surface area contributed by atoms with Crippen LogP contribution < -0.4 is 29.6 Å². The summed E-state index contributed by atoms with van der Waals surface area (Å²) >= 11 is 0. The highest BCUT2D eigenvalue weighted by Crippen LogP contribution is 2.48. The summed E-state index contributed by atoms with van der Waals surface area (Å²) in [5.74, 6) is -1.40. The summed E-state index contributed by atoms with van der Waals surface area (Å²) in [5, 5.41) is 16.3. The van der Waals surface area contributed by atoms with Crippen molar-refractivity contribution in [2.75, 3.05) is 19.8 Å². The molecule has 1 aromatic heterocycles. The number of nitrogens with one attached hydrogen (secondary N) is 3. The van der Waals surface area contributed by atoms with Gasteiger partial charge in [-0.3, -0.25) is 19.1 Å². The Morgan fingerprint density at radius 2 is 1.92 bits per heavy atom. The maximum Gasteiger partial charge on any atom is 0.405 e. The third-order valence-corrected chi connectivity index (χ3v) is 13.1. The third kappa shape index (κ3) is 7.07. The number of sulfonamides is 1. The SMILES string of the molecule is CC[C@@H]1O[C@H](C)CCC=C[C@@H]2C[C@@]2(C(=O)NS(=O)(=O)C2(C)CC2)NC(=O)[C@@H]2C[C@@H](Oc3nccc4c5c(ccc34)OCCO5)CN2C(=O)[C@H]1NC(=O)O. The number of ether oxygens (including phenoxy) is 4. The second-order valence-corrected chi connectivity index (χ2v) is 17.0. The van der Waals surface area contributed by atoms with E-state index in [9.17, 15) is 32.7 Å². The van der Waals surface area contributed by atoms with Crippen LogP contribution in [0.2, 0.25) is 0 Å². The molecule has 2 aromatic rings. The lowest BCUT2D eigenvalue weighted by Crippen LogP contribution is -2.60. The van der Waals surface area contributed by atoms with Gasteiger partial charge in [-0.15, -0.1) is 0 Å². The molecule has 1 aromatic carbocycles. The Labute approximate surface area is 307 Å². The molecule has 4 N–H and O–H groups in total. The van der Waals surface area contributed by atoms with Gasteiger partial charge in [0.1, 0.15) is 36.9 Å². The van der Waals surface area contributed by atoms with E-state index in [2.05, 4.69) is 20.3 Å². The minimum Gasteiger partial charge on any atom is -0.486 e. The molecule has 4 amide bonds. The van der Waals surface area contributed by atoms with Crippen LogP contribution in [-0.4, -0.2) is 108 Å². The fourth-order valence-electron chi connectivity index (χ4n) is 7.42. The summed E-state index contributed by atoms with van der Waals surface area (Å²) in [7, 11) is -4.02. The molecule has 2 aliphatic carbocycles. The highest BCUT2D eigenvalue weighted by molar-refractivity contribution is 7.91. The first kappa shape index (κ1) is 36.7. The van der Waals surface area contributed by atoms with Gasteiger partial charge in [-0.25, -0.2) is 18.2 Å². The van der Waals surface area contributed by atoms with Gasteiger partial charge in [-0.2, -0.15) is 0 Å². The third-order valence-electron chi connectivity index (χ3n) is 11.0. The lowest BCUT2D eigenvalue weighted by molar-refractivity contribution is -0.145. The molecule has 7 rings (SSSR count). The van der Waals surface area contributed by atoms with E-state index in [1.807, 2.05) is 13.0 Å². The van der Waals surface area contributed by atoms with Gasteiger partial charge in [0.05, 0.1) is 23.5 Å². The standard InChI is InChI=1S/C36H45N5O11S/c1-4-26-28(38-34(45)46)32(43)41-19-22(52-31-24-9-10-27-29(50-16-15-49-27)23(24)11-14-37-31)17-25(41)30(42)39-36(18-21(36)8-6-5-7-20(2)51-26)33(44)40-53(47,48)35(3)12-13-35/h6,8-11,14,20-22,25-26,28,38H,4-5,7,12-13,15-19H2,1-3H3,(H,39,42)(H,40,44)(H,45,46)/t20-,21-,22-,25+,26+,28+,36-/m1/s1. The van der Waals surface area contributed by atoms with Gasteiger partial charge >= 0.3 is 6.09 Å². The molecular formula is C36H45N5O11S. The van der Waals surface area contributed by atoms with E-state index < -0.39 is 74.3 Å². The van der Waals surface area contributed by atoms with Crippen molar-refractivity contribution in [1.29, 1.82) is 0 Å². The van der Waals surface area contributed by atoms with E-state index in [0.717, 1.165) is 0 Å². The minimum atomic E-state index is -4.02. The summed E-state index contributed by atoms with van der Waals surface area (Å²) in [5.41, 5.74) is -1.58. The first-order valence-electron chi connectivity index (χ1n) is 18.1. The molecule has 0 unspecified atom stereocenters. The predicted octanol–water partition coefficient (Wildman–Crippen LogP) is 2.40. The molecule has 2 saturated carbocycles. The number of hydrogen-bond acceptors (Lipinski definition) is 11. The number of carboxylic acid groups (broad SMARTS) is 1. The summed E-state index contributed by atoms with van der Waals surface area (Å²) in [6, 6.07) is 2.72. The average Bonchev–Trinajstić information content (AvgIpc) is 4.01. The first-order chi connectivity index (χ1) is 25.2. The number of fused-ring (bicyclic) bond motifs is 5. The fourth-order valence-corrected chi connectivity index (χ4v) is 8.74. The molecule has 5 aliphatic rings. The van der Waals surface area contributed by atoms with Crippen molar-refractivity contribution >= 4 is 44.6 Å². The van der Waals surface area contributed by atoms with Crippen LogP contribution in [0.3, 0.4) is 0 Å². The number of carbonyl (C=O) groups excluding carboxylic acids is 3. The van der Waals surface area contributed by atoms with Crippen LogP contribution in [0, 0.1) is 5.92 Å². The number of aromatic nitrogens is 1. The lowest BCUT2D eigenvalue weighted by atomic mass is 10.0. The Hall–Kier alpha value is -4.64. The smallest absolute Gasteiger partial charge is 0.405 e. The number of carbonyl (C=O) groups is 4. The number of allylic oxidation sites excluding steroid dienone is 1. The topological polar surface area (TPSA) is 212 Å². The Morgan fingerprint density at radius 3 is 2.66 bits per heavy atom. The molecule has 3 fully saturated rings. The highest BCUT2D eigenvalue weighted by atomic mass is 32.2. The molecule has 0 radical (unpaired) electrons. The Balaban J connectivity index is 1.22. The van der Waals surface area contributed by atoms with E-state index in [1.165, 1.54) is 4.90 Å². The maximum absolute atomic E-state index is 14.5. The summed E-state index contributed by atoms with van der Waals surface area (Å²) < 4.78 is 51.7. The van der Waals surface area contributed by atoms with E-state index >= 15 is 0 Å². The largest absolute Gasteiger partial charge is 0.486 e. The van der Waals surface area contributed by atoms with Crippen LogP contribution in [0.4, 0.5) is 4.79 Å². The first-order valence-corrected chi connectivity index (χ1v) is 19.6. The average molecular weight is 756 g/mol. The van der Waals surface area contributed by atoms with Crippen molar-refractivity contribution in [2.45, 2.75) is 106 Å². The Kier molecular flexibility index (Phi) is 9.68. The number of nitrogens with zero attached hydrogens (tertiary/aromatic N) is 2. The number of rotatable bonds is 7. The molecule has 17 heteroatoms. The van der Waals surface area contributed by atoms with Crippen molar-refractivity contribution in [3.05, 3.63) is 36.5 Å². The van der Waals surface area contributed by atoms with Crippen LogP contribution in [0.15, 0.2) is 36.5 Å². The molecule has 286 valence electrons. The number of benzene rings is 1. The zero-order valence-corrected chi connectivity index (χ0v) is 30.6. The van der Waals surface area contributed by atoms with E-state index in [4.69, 9.17) is 18.9 Å². The van der Waals surface area contributed by atoms with Gasteiger partial charge in [0, 0.05) is 29.3 Å². The van der Waals surface area contributed by atoms with Crippen molar-refractivity contribution < 1.29 is 51.6 Å². The van der Waals surface area contributed by atoms with Crippen LogP contribution in [-0.2, 0) is 29.1 Å². The molecule has 0 bridgehead atoms. The van der Waals surface area contributed by atoms with Crippen molar-refractivity contribution in [3.8, 4) is 17.4 Å². The summed E-state index contributed by atoms with van der Waals surface area (Å²) in [6.45, 7) is 5.83. The fraction of sp³-hybridized carbons (Fsp3) is 0.583. The van der Waals surface area contributed by atoms with Gasteiger partial charge in [0.15, 0.2) is 11.5 Å². The normalized spacial score (nSPS) is 30.9. The van der Waals surface area contributed by atoms with Gasteiger partial charge in [-0.05, 0) is 70.6 Å². The van der Waals surface area contributed by atoms with E-state index in [0.29, 0.717) is 61.2 Å². The molecule has 53 heavy (non-hydrogen) atoms. The second-order valence-electron chi connectivity index (χ2n) is 14.8. The second kappa shape index (κ2) is 14.0. The molecule has 3 aliphatic heterocycles. The van der Waals surface area contributed by atoms with Gasteiger partial charge < -0.3 is 39.6 Å². The Bertz CT molecular complexity index is 1950. The van der Waals surface area contributed by atoms with E-state index in [1.54, 1.807) is 44.3 Å². The molecule has 0 spiro atoms. The number of pyridine rings is 1. The predicted molar refractivity (Wildman–Crippen MR) is 189 cm³/mol. The van der Waals surface area contributed by atoms with Gasteiger partial charge in [0.25, 0.3) is 5.91 Å². The molecule has 4 heterocycles. The van der Waals surface area contributed by atoms with Crippen LogP contribution in [0.1, 0.15) is 65.7 Å². The van der Waals surface area contributed by atoms with Crippen molar-refractivity contribution in [3.63, 3.8) is 0 Å². The zero-order valence-electron chi connectivity index (χ0n) is 29.8. The van der Waals surface area contributed by atoms with E-state index in [-0.39, 0.29) is 37.8 Å². The van der Waals surface area contributed by atoms with Crippen molar-refractivity contribution in [2.24, 2.45) is 5.92 Å².